The van der Waals surface area contributed by atoms with Crippen molar-refractivity contribution in [2.24, 2.45) is 0 Å². The van der Waals surface area contributed by atoms with E-state index in [-0.39, 0.29) is 0 Å². The van der Waals surface area contributed by atoms with Gasteiger partial charge < -0.3 is 18.9 Å². The summed E-state index contributed by atoms with van der Waals surface area (Å²) in [5.74, 6) is 1.04. The fourth-order valence-electron chi connectivity index (χ4n) is 10.7. The van der Waals surface area contributed by atoms with Crippen LogP contribution in [0.15, 0.2) is 84.9 Å². The predicted octanol–water partition coefficient (Wildman–Crippen LogP) is 21.1. The molecule has 0 bridgehead atoms. The quantitative estimate of drug-likeness (QED) is 0.0171. The van der Waals surface area contributed by atoms with Crippen LogP contribution in [0.25, 0.3) is 54.2 Å². The second-order valence-electron chi connectivity index (χ2n) is 20.6. The lowest BCUT2D eigenvalue weighted by Gasteiger charge is -2.22. The molecule has 6 heteroatoms. The third kappa shape index (κ3) is 17.0. The van der Waals surface area contributed by atoms with E-state index in [1.54, 1.807) is 0 Å². The average molecular weight is 979 g/mol. The van der Waals surface area contributed by atoms with Gasteiger partial charge in [0.05, 0.1) is 13.2 Å². The standard InChI is InChI=1S/C66H90O6/c1-5-9-13-17-19-21-23-25-27-35-47-69-65(67)71-63-55-41-33-31-39-53(55)61(59-49-51(43-45-57(59)63)37-29-15-11-7-3)62-54-40-32-34-42-56(54)64(58-46-44-52(50-60(58)62)38-30-16-12-8-4)72-66(68)70-48-36-28-26-24-22-20-18-14-10-6-2/h31-34,39-46,49-50H,5-30,35-38,47-48H2,1-4H3. The van der Waals surface area contributed by atoms with Crippen molar-refractivity contribution in [3.63, 3.8) is 0 Å². The first-order chi connectivity index (χ1) is 35.5. The van der Waals surface area contributed by atoms with Gasteiger partial charge in [0.1, 0.15) is 11.5 Å². The fourth-order valence-corrected chi connectivity index (χ4v) is 10.7. The zero-order chi connectivity index (χ0) is 50.6. The molecule has 0 amide bonds. The second-order valence-corrected chi connectivity index (χ2v) is 20.6. The van der Waals surface area contributed by atoms with E-state index < -0.39 is 12.3 Å². The molecular formula is C66H90O6. The lowest BCUT2D eigenvalue weighted by molar-refractivity contribution is 0.0972. The summed E-state index contributed by atoms with van der Waals surface area (Å²) < 4.78 is 24.3. The molecule has 6 aromatic carbocycles. The topological polar surface area (TPSA) is 71.1 Å². The van der Waals surface area contributed by atoms with Crippen molar-refractivity contribution >= 4 is 55.4 Å². The molecule has 0 aliphatic carbocycles. The molecule has 0 aromatic heterocycles. The summed E-state index contributed by atoms with van der Waals surface area (Å²) in [6.07, 6.45) is 34.2. The van der Waals surface area contributed by atoms with Crippen LogP contribution in [0.3, 0.4) is 0 Å². The highest BCUT2D eigenvalue weighted by Gasteiger charge is 2.25. The predicted molar refractivity (Wildman–Crippen MR) is 305 cm³/mol. The van der Waals surface area contributed by atoms with E-state index >= 15 is 0 Å². The maximum Gasteiger partial charge on any atom is 0.513 e. The number of unbranched alkanes of at least 4 members (excludes halogenated alkanes) is 24. The monoisotopic (exact) mass is 979 g/mol. The molecule has 0 fully saturated rings. The van der Waals surface area contributed by atoms with E-state index in [1.807, 2.05) is 12.1 Å². The molecule has 0 spiro atoms. The van der Waals surface area contributed by atoms with Gasteiger partial charge in [0.15, 0.2) is 0 Å². The minimum Gasteiger partial charge on any atom is -0.434 e. The molecule has 0 aliphatic rings. The summed E-state index contributed by atoms with van der Waals surface area (Å²) in [5.41, 5.74) is 4.64. The molecule has 6 rings (SSSR count). The molecule has 72 heavy (non-hydrogen) atoms. The molecule has 0 atom stereocenters. The molecule has 0 saturated heterocycles. The Morgan fingerprint density at radius 1 is 0.319 bits per heavy atom. The minimum atomic E-state index is -0.668. The summed E-state index contributed by atoms with van der Waals surface area (Å²) in [7, 11) is 0. The lowest BCUT2D eigenvalue weighted by Crippen LogP contribution is -2.12. The number of benzene rings is 6. The van der Waals surface area contributed by atoms with Gasteiger partial charge in [-0.3, -0.25) is 0 Å². The normalized spacial score (nSPS) is 11.6. The Labute approximate surface area is 434 Å². The van der Waals surface area contributed by atoms with Gasteiger partial charge in [-0.05, 0) is 82.3 Å². The largest absolute Gasteiger partial charge is 0.513 e. The summed E-state index contributed by atoms with van der Waals surface area (Å²) in [4.78, 5) is 27.4. The van der Waals surface area contributed by atoms with Crippen molar-refractivity contribution < 1.29 is 28.5 Å². The van der Waals surface area contributed by atoms with Crippen molar-refractivity contribution in [2.75, 3.05) is 13.2 Å². The van der Waals surface area contributed by atoms with E-state index in [9.17, 15) is 9.59 Å². The van der Waals surface area contributed by atoms with E-state index in [0.29, 0.717) is 24.7 Å². The summed E-state index contributed by atoms with van der Waals surface area (Å²) >= 11 is 0. The number of rotatable bonds is 35. The van der Waals surface area contributed by atoms with E-state index in [2.05, 4.69) is 100 Å². The van der Waals surface area contributed by atoms with Crippen LogP contribution in [-0.4, -0.2) is 25.5 Å². The van der Waals surface area contributed by atoms with Crippen molar-refractivity contribution in [1.29, 1.82) is 0 Å². The smallest absolute Gasteiger partial charge is 0.434 e. The number of hydrogen-bond donors (Lipinski definition) is 0. The SMILES string of the molecule is CCCCCCCCCCCCOC(=O)Oc1c2ccccc2c(-c2c3ccccc3c(OC(=O)OCCCCCCCCCCCC)c3ccc(CCCCCC)cc23)c2cc(CCCCCC)ccc12. The van der Waals surface area contributed by atoms with Gasteiger partial charge in [0, 0.05) is 21.5 Å². The van der Waals surface area contributed by atoms with Crippen molar-refractivity contribution in [2.45, 2.75) is 220 Å². The van der Waals surface area contributed by atoms with E-state index in [4.69, 9.17) is 18.9 Å². The number of carbonyl (C=O) groups is 2. The molecule has 0 N–H and O–H groups in total. The highest BCUT2D eigenvalue weighted by molar-refractivity contribution is 6.27. The first-order valence-corrected chi connectivity index (χ1v) is 29.1. The first-order valence-electron chi connectivity index (χ1n) is 29.1. The highest BCUT2D eigenvalue weighted by Crippen LogP contribution is 2.50. The Morgan fingerprint density at radius 3 is 0.958 bits per heavy atom. The molecule has 0 unspecified atom stereocenters. The van der Waals surface area contributed by atoms with Crippen LogP contribution in [0, 0.1) is 0 Å². The van der Waals surface area contributed by atoms with Crippen LogP contribution >= 0.6 is 0 Å². The Hall–Kier alpha value is -5.10. The summed E-state index contributed by atoms with van der Waals surface area (Å²) in [6.45, 7) is 9.70. The molecular weight excluding hydrogens is 889 g/mol. The van der Waals surface area contributed by atoms with E-state index in [1.165, 1.54) is 140 Å². The third-order valence-corrected chi connectivity index (χ3v) is 14.8. The fraction of sp³-hybridized carbons (Fsp3) is 0.545. The molecule has 6 nitrogen and oxygen atoms in total. The number of aryl methyl sites for hydroxylation is 2. The number of hydrogen-bond acceptors (Lipinski definition) is 6. The Bertz CT molecular complexity index is 2380. The van der Waals surface area contributed by atoms with Gasteiger partial charge in [0.2, 0.25) is 0 Å². The zero-order valence-corrected chi connectivity index (χ0v) is 45.2. The van der Waals surface area contributed by atoms with E-state index in [0.717, 1.165) is 118 Å². The second kappa shape index (κ2) is 32.2. The molecule has 0 aliphatic heterocycles. The van der Waals surface area contributed by atoms with Gasteiger partial charge in [0.25, 0.3) is 0 Å². The Kier molecular flexibility index (Phi) is 25.1. The van der Waals surface area contributed by atoms with Crippen LogP contribution in [0.5, 0.6) is 11.5 Å². The van der Waals surface area contributed by atoms with Gasteiger partial charge in [-0.1, -0.05) is 267 Å². The molecule has 0 saturated carbocycles. The van der Waals surface area contributed by atoms with Crippen LogP contribution in [0.1, 0.15) is 219 Å². The Balaban J connectivity index is 1.35. The third-order valence-electron chi connectivity index (χ3n) is 14.8. The van der Waals surface area contributed by atoms with Crippen LogP contribution in [0.2, 0.25) is 0 Å². The number of ether oxygens (including phenoxy) is 4. The first kappa shape index (κ1) is 56.2. The van der Waals surface area contributed by atoms with Crippen molar-refractivity contribution in [1.82, 2.24) is 0 Å². The van der Waals surface area contributed by atoms with Crippen LogP contribution in [0.4, 0.5) is 9.59 Å². The average Bonchev–Trinajstić information content (AvgIpc) is 3.40. The molecule has 6 aromatic rings. The van der Waals surface area contributed by atoms with Gasteiger partial charge in [-0.2, -0.15) is 0 Å². The molecule has 390 valence electrons. The van der Waals surface area contributed by atoms with Crippen LogP contribution in [-0.2, 0) is 22.3 Å². The van der Waals surface area contributed by atoms with Gasteiger partial charge in [-0.25, -0.2) is 9.59 Å². The molecule has 0 heterocycles. The number of fused-ring (bicyclic) bond motifs is 4. The maximum absolute atomic E-state index is 13.7. The van der Waals surface area contributed by atoms with Crippen molar-refractivity contribution in [3.05, 3.63) is 96.1 Å². The lowest BCUT2D eigenvalue weighted by atomic mass is 9.84. The minimum absolute atomic E-state index is 0.339. The maximum atomic E-state index is 13.7. The van der Waals surface area contributed by atoms with Gasteiger partial charge >= 0.3 is 12.3 Å². The van der Waals surface area contributed by atoms with Gasteiger partial charge in [-0.15, -0.1) is 0 Å². The van der Waals surface area contributed by atoms with Crippen molar-refractivity contribution in [3.8, 4) is 22.6 Å². The highest BCUT2D eigenvalue weighted by atomic mass is 16.7. The van der Waals surface area contributed by atoms with Crippen LogP contribution < -0.4 is 9.47 Å². The Morgan fingerprint density at radius 2 is 0.611 bits per heavy atom. The zero-order valence-electron chi connectivity index (χ0n) is 45.2. The number of carbonyl (C=O) groups excluding carboxylic acids is 2. The summed E-state index contributed by atoms with van der Waals surface area (Å²) in [6, 6.07) is 30.0. The summed E-state index contributed by atoms with van der Waals surface area (Å²) in [5, 5.41) is 7.41. The molecule has 0 radical (unpaired) electrons.